The zero-order valence-corrected chi connectivity index (χ0v) is 11.2. The first-order valence-corrected chi connectivity index (χ1v) is 6.73. The van der Waals surface area contributed by atoms with Gasteiger partial charge in [0, 0.05) is 0 Å². The summed E-state index contributed by atoms with van der Waals surface area (Å²) in [6.45, 7) is 6.82. The summed E-state index contributed by atoms with van der Waals surface area (Å²) in [6, 6.07) is 8.92. The van der Waals surface area contributed by atoms with Crippen molar-refractivity contribution in [1.29, 1.82) is 0 Å². The molecule has 0 radical (unpaired) electrons. The number of halogens is 1. The smallest absolute Gasteiger partial charge is 0.0613 e. The molecule has 1 atom stereocenters. The Balaban J connectivity index is 2.15. The largest absolute Gasteiger partial charge is 0.118 e. The van der Waals surface area contributed by atoms with Crippen LogP contribution in [0.1, 0.15) is 56.5 Å². The van der Waals surface area contributed by atoms with Crippen LogP contribution < -0.4 is 0 Å². The first-order valence-electron chi connectivity index (χ1n) is 6.29. The van der Waals surface area contributed by atoms with Crippen LogP contribution in [0.15, 0.2) is 24.3 Å². The van der Waals surface area contributed by atoms with Gasteiger partial charge in [-0.3, -0.25) is 0 Å². The van der Waals surface area contributed by atoms with E-state index < -0.39 is 0 Å². The van der Waals surface area contributed by atoms with Gasteiger partial charge in [-0.1, -0.05) is 45.0 Å². The number of benzene rings is 1. The summed E-state index contributed by atoms with van der Waals surface area (Å²) < 4.78 is 0. The van der Waals surface area contributed by atoms with E-state index >= 15 is 0 Å². The van der Waals surface area contributed by atoms with Gasteiger partial charge in [0.05, 0.1) is 5.38 Å². The molecule has 0 heterocycles. The van der Waals surface area contributed by atoms with E-state index in [0.29, 0.717) is 0 Å². The summed E-state index contributed by atoms with van der Waals surface area (Å²) in [6.07, 6.45) is 3.77. The minimum atomic E-state index is 0.235. The van der Waals surface area contributed by atoms with Crippen molar-refractivity contribution in [3.8, 4) is 0 Å². The lowest BCUT2D eigenvalue weighted by Gasteiger charge is -2.23. The van der Waals surface area contributed by atoms with Crippen LogP contribution in [0, 0.1) is 5.92 Å². The number of rotatable bonds is 4. The maximum atomic E-state index is 6.40. The highest BCUT2D eigenvalue weighted by atomic mass is 35.5. The van der Waals surface area contributed by atoms with Crippen LogP contribution >= 0.6 is 11.6 Å². The molecule has 0 aliphatic heterocycles. The van der Waals surface area contributed by atoms with Crippen LogP contribution in [0.3, 0.4) is 0 Å². The fourth-order valence-corrected chi connectivity index (χ4v) is 2.38. The van der Waals surface area contributed by atoms with Crippen LogP contribution in [0.25, 0.3) is 0 Å². The lowest BCUT2D eigenvalue weighted by molar-refractivity contribution is 0.506. The third-order valence-electron chi connectivity index (χ3n) is 3.93. The monoisotopic (exact) mass is 236 g/mol. The highest BCUT2D eigenvalue weighted by Gasteiger charge is 2.30. The third-order valence-corrected chi connectivity index (χ3v) is 4.54. The Morgan fingerprint density at radius 1 is 1.25 bits per heavy atom. The van der Waals surface area contributed by atoms with E-state index in [1.54, 1.807) is 0 Å². The molecule has 0 N–H and O–H groups in total. The topological polar surface area (TPSA) is 0 Å². The van der Waals surface area contributed by atoms with Gasteiger partial charge in [-0.2, -0.15) is 0 Å². The second-order valence-electron chi connectivity index (χ2n) is 5.60. The molecule has 0 amide bonds. The Morgan fingerprint density at radius 2 is 1.81 bits per heavy atom. The fraction of sp³-hybridized carbons (Fsp3) is 0.600. The Bertz CT molecular complexity index is 346. The van der Waals surface area contributed by atoms with E-state index in [2.05, 4.69) is 45.0 Å². The fourth-order valence-electron chi connectivity index (χ4n) is 1.98. The van der Waals surface area contributed by atoms with Crippen molar-refractivity contribution >= 4 is 11.6 Å². The van der Waals surface area contributed by atoms with E-state index in [-0.39, 0.29) is 10.8 Å². The molecule has 0 nitrogen and oxygen atoms in total. The van der Waals surface area contributed by atoms with Crippen LogP contribution in [0.5, 0.6) is 0 Å². The van der Waals surface area contributed by atoms with Crippen LogP contribution in [0.4, 0.5) is 0 Å². The van der Waals surface area contributed by atoms with E-state index in [0.717, 1.165) is 5.92 Å². The molecule has 1 heteroatoms. The molecule has 1 aliphatic rings. The molecule has 1 aromatic rings. The minimum absolute atomic E-state index is 0.235. The number of alkyl halides is 1. The first-order chi connectivity index (χ1) is 7.54. The molecule has 0 saturated heterocycles. The SMILES string of the molecule is CCC(C)(C)c1ccc(C(Cl)C2CC2)cc1. The van der Waals surface area contributed by atoms with Crippen molar-refractivity contribution in [1.82, 2.24) is 0 Å². The quantitative estimate of drug-likeness (QED) is 0.641. The minimum Gasteiger partial charge on any atom is -0.118 e. The van der Waals surface area contributed by atoms with Crippen molar-refractivity contribution in [2.45, 2.75) is 50.8 Å². The first kappa shape index (κ1) is 12.0. The Hall–Kier alpha value is -0.490. The van der Waals surface area contributed by atoms with E-state index in [1.165, 1.54) is 30.4 Å². The Kier molecular flexibility index (Phi) is 3.30. The molecular formula is C15H21Cl. The third kappa shape index (κ3) is 2.43. The zero-order valence-electron chi connectivity index (χ0n) is 10.5. The highest BCUT2D eigenvalue weighted by Crippen LogP contribution is 2.45. The summed E-state index contributed by atoms with van der Waals surface area (Å²) in [5.74, 6) is 0.728. The van der Waals surface area contributed by atoms with Gasteiger partial charge in [-0.25, -0.2) is 0 Å². The maximum absolute atomic E-state index is 6.40. The Labute approximate surface area is 104 Å². The zero-order chi connectivity index (χ0) is 11.8. The van der Waals surface area contributed by atoms with Crippen molar-refractivity contribution in [3.63, 3.8) is 0 Å². The lowest BCUT2D eigenvalue weighted by atomic mass is 9.82. The molecule has 16 heavy (non-hydrogen) atoms. The van der Waals surface area contributed by atoms with E-state index in [4.69, 9.17) is 11.6 Å². The molecular weight excluding hydrogens is 216 g/mol. The van der Waals surface area contributed by atoms with Crippen molar-refractivity contribution in [3.05, 3.63) is 35.4 Å². The number of hydrogen-bond acceptors (Lipinski definition) is 0. The van der Waals surface area contributed by atoms with Crippen LogP contribution in [0.2, 0.25) is 0 Å². The summed E-state index contributed by atoms with van der Waals surface area (Å²) in [4.78, 5) is 0. The average molecular weight is 237 g/mol. The van der Waals surface area contributed by atoms with Crippen molar-refractivity contribution in [2.24, 2.45) is 5.92 Å². The van der Waals surface area contributed by atoms with Crippen LogP contribution in [-0.4, -0.2) is 0 Å². The molecule has 88 valence electrons. The molecule has 2 rings (SSSR count). The van der Waals surface area contributed by atoms with Gasteiger partial charge < -0.3 is 0 Å². The second kappa shape index (κ2) is 4.41. The van der Waals surface area contributed by atoms with Gasteiger partial charge in [-0.15, -0.1) is 11.6 Å². The Morgan fingerprint density at radius 3 is 2.25 bits per heavy atom. The molecule has 0 spiro atoms. The molecule has 0 bridgehead atoms. The predicted octanol–water partition coefficient (Wildman–Crippen LogP) is 5.06. The second-order valence-corrected chi connectivity index (χ2v) is 6.07. The van der Waals surface area contributed by atoms with Gasteiger partial charge in [0.15, 0.2) is 0 Å². The average Bonchev–Trinajstić information content (AvgIpc) is 3.12. The van der Waals surface area contributed by atoms with Gasteiger partial charge in [0.25, 0.3) is 0 Å². The summed E-state index contributed by atoms with van der Waals surface area (Å²) in [5, 5.41) is 0.235. The van der Waals surface area contributed by atoms with Gasteiger partial charge in [0.1, 0.15) is 0 Å². The molecule has 1 unspecified atom stereocenters. The van der Waals surface area contributed by atoms with Gasteiger partial charge in [0.2, 0.25) is 0 Å². The molecule has 1 saturated carbocycles. The normalized spacial score (nSPS) is 18.5. The molecule has 1 aromatic carbocycles. The highest BCUT2D eigenvalue weighted by molar-refractivity contribution is 6.21. The van der Waals surface area contributed by atoms with Crippen LogP contribution in [-0.2, 0) is 5.41 Å². The summed E-state index contributed by atoms with van der Waals surface area (Å²) in [7, 11) is 0. The summed E-state index contributed by atoms with van der Waals surface area (Å²) in [5.41, 5.74) is 2.98. The lowest BCUT2D eigenvalue weighted by Crippen LogP contribution is -2.15. The standard InChI is InChI=1S/C15H21Cl/c1-4-15(2,3)13-9-7-12(8-10-13)14(16)11-5-6-11/h7-11,14H,4-6H2,1-3H3. The molecule has 1 fully saturated rings. The van der Waals surface area contributed by atoms with Gasteiger partial charge in [-0.05, 0) is 41.7 Å². The number of hydrogen-bond donors (Lipinski definition) is 0. The van der Waals surface area contributed by atoms with Crippen molar-refractivity contribution in [2.75, 3.05) is 0 Å². The van der Waals surface area contributed by atoms with Gasteiger partial charge >= 0.3 is 0 Å². The maximum Gasteiger partial charge on any atom is 0.0613 e. The van der Waals surface area contributed by atoms with E-state index in [9.17, 15) is 0 Å². The molecule has 1 aliphatic carbocycles. The molecule has 0 aromatic heterocycles. The van der Waals surface area contributed by atoms with E-state index in [1.807, 2.05) is 0 Å². The summed E-state index contributed by atoms with van der Waals surface area (Å²) >= 11 is 6.40. The van der Waals surface area contributed by atoms with Crippen molar-refractivity contribution < 1.29 is 0 Å². The predicted molar refractivity (Wildman–Crippen MR) is 71.1 cm³/mol.